The summed E-state index contributed by atoms with van der Waals surface area (Å²) in [6.07, 6.45) is 0. The van der Waals surface area contributed by atoms with E-state index in [0.29, 0.717) is 22.8 Å². The van der Waals surface area contributed by atoms with Gasteiger partial charge in [0.15, 0.2) is 11.5 Å². The third-order valence-corrected chi connectivity index (χ3v) is 4.73. The van der Waals surface area contributed by atoms with E-state index in [9.17, 15) is 4.79 Å². The highest BCUT2D eigenvalue weighted by Crippen LogP contribution is 2.33. The molecule has 0 aliphatic heterocycles. The molecule has 5 nitrogen and oxygen atoms in total. The lowest BCUT2D eigenvalue weighted by Gasteiger charge is -2.18. The molecule has 0 spiro atoms. The fraction of sp³-hybridized carbons (Fsp3) is 0.192. The number of para-hydroxylation sites is 1. The number of carbonyl (C=O) groups is 1. The van der Waals surface area contributed by atoms with Crippen molar-refractivity contribution in [1.29, 1.82) is 0 Å². The van der Waals surface area contributed by atoms with Crippen molar-refractivity contribution in [2.45, 2.75) is 19.4 Å². The van der Waals surface area contributed by atoms with Crippen LogP contribution in [-0.2, 0) is 16.1 Å². The Morgan fingerprint density at radius 1 is 0.871 bits per heavy atom. The zero-order chi connectivity index (χ0) is 22.2. The van der Waals surface area contributed by atoms with Gasteiger partial charge in [-0.25, -0.2) is 0 Å². The zero-order valence-corrected chi connectivity index (χ0v) is 18.0. The molecule has 0 saturated carbocycles. The molecular formula is C26H26O5. The lowest BCUT2D eigenvalue weighted by atomic mass is 9.92. The smallest absolute Gasteiger partial charge is 0.317 e. The van der Waals surface area contributed by atoms with Crippen molar-refractivity contribution in [2.24, 2.45) is 0 Å². The highest BCUT2D eigenvalue weighted by Gasteiger charge is 2.24. The van der Waals surface area contributed by atoms with Crippen molar-refractivity contribution in [1.82, 2.24) is 0 Å². The predicted molar refractivity (Wildman–Crippen MR) is 120 cm³/mol. The second-order valence-corrected chi connectivity index (χ2v) is 7.06. The Kier molecular flexibility index (Phi) is 7.33. The zero-order valence-electron chi connectivity index (χ0n) is 18.0. The van der Waals surface area contributed by atoms with Crippen LogP contribution in [0.2, 0.25) is 0 Å². The van der Waals surface area contributed by atoms with Crippen LogP contribution in [0, 0.1) is 0 Å². The molecular weight excluding hydrogens is 392 g/mol. The topological polar surface area (TPSA) is 54.0 Å². The van der Waals surface area contributed by atoms with E-state index >= 15 is 0 Å². The molecule has 5 heteroatoms. The highest BCUT2D eigenvalue weighted by molar-refractivity contribution is 5.82. The van der Waals surface area contributed by atoms with E-state index in [-0.39, 0.29) is 12.6 Å². The van der Waals surface area contributed by atoms with Crippen molar-refractivity contribution in [3.63, 3.8) is 0 Å². The number of rotatable bonds is 9. The number of benzene rings is 3. The third-order valence-electron chi connectivity index (χ3n) is 4.73. The second-order valence-electron chi connectivity index (χ2n) is 7.06. The molecule has 0 saturated heterocycles. The summed E-state index contributed by atoms with van der Waals surface area (Å²) < 4.78 is 22.1. The molecule has 3 rings (SSSR count). The largest absolute Gasteiger partial charge is 0.493 e. The molecule has 31 heavy (non-hydrogen) atoms. The van der Waals surface area contributed by atoms with Crippen molar-refractivity contribution in [3.05, 3.63) is 96.1 Å². The molecule has 1 unspecified atom stereocenters. The average molecular weight is 418 g/mol. The Labute approximate surface area is 182 Å². The van der Waals surface area contributed by atoms with Gasteiger partial charge >= 0.3 is 5.97 Å². The number of hydrogen-bond donors (Lipinski definition) is 0. The molecule has 0 aromatic heterocycles. The van der Waals surface area contributed by atoms with Crippen molar-refractivity contribution in [2.75, 3.05) is 14.2 Å². The molecule has 1 atom stereocenters. The number of carbonyl (C=O) groups excluding carboxylic acids is 1. The van der Waals surface area contributed by atoms with Crippen LogP contribution < -0.4 is 14.2 Å². The molecule has 3 aromatic carbocycles. The Bertz CT molecular complexity index is 1040. The van der Waals surface area contributed by atoms with Gasteiger partial charge < -0.3 is 18.9 Å². The van der Waals surface area contributed by atoms with E-state index in [1.165, 1.54) is 0 Å². The first-order valence-corrected chi connectivity index (χ1v) is 9.87. The van der Waals surface area contributed by atoms with Crippen LogP contribution in [0.5, 0.6) is 23.0 Å². The SMILES string of the molecule is C=C(C)C(C(=O)OCc1cccc(Oc2ccccc2)c1)c1ccc(OC)c(OC)c1. The third kappa shape index (κ3) is 5.66. The van der Waals surface area contributed by atoms with Crippen LogP contribution in [0.4, 0.5) is 0 Å². The van der Waals surface area contributed by atoms with Gasteiger partial charge in [-0.3, -0.25) is 4.79 Å². The monoisotopic (exact) mass is 418 g/mol. The molecule has 0 aliphatic rings. The van der Waals surface area contributed by atoms with Gasteiger partial charge in [0.25, 0.3) is 0 Å². The van der Waals surface area contributed by atoms with Gasteiger partial charge in [0.05, 0.1) is 14.2 Å². The number of ether oxygens (including phenoxy) is 4. The number of methoxy groups -OCH3 is 2. The molecule has 0 heterocycles. The van der Waals surface area contributed by atoms with E-state index in [1.54, 1.807) is 33.3 Å². The Morgan fingerprint density at radius 2 is 1.58 bits per heavy atom. The predicted octanol–water partition coefficient (Wildman–Crippen LogP) is 5.90. The van der Waals surface area contributed by atoms with Crippen molar-refractivity contribution >= 4 is 5.97 Å². The second kappa shape index (κ2) is 10.3. The summed E-state index contributed by atoms with van der Waals surface area (Å²) in [6, 6.07) is 22.3. The Hall–Kier alpha value is -3.73. The van der Waals surface area contributed by atoms with E-state index in [2.05, 4.69) is 6.58 Å². The normalized spacial score (nSPS) is 11.3. The van der Waals surface area contributed by atoms with Gasteiger partial charge in [0, 0.05) is 0 Å². The molecule has 0 N–H and O–H groups in total. The molecule has 0 fully saturated rings. The number of esters is 1. The summed E-state index contributed by atoms with van der Waals surface area (Å²) in [5.74, 6) is 1.57. The average Bonchev–Trinajstić information content (AvgIpc) is 2.78. The van der Waals surface area contributed by atoms with Gasteiger partial charge in [-0.05, 0) is 54.4 Å². The van der Waals surface area contributed by atoms with Crippen LogP contribution in [0.3, 0.4) is 0 Å². The van der Waals surface area contributed by atoms with Crippen LogP contribution in [0.15, 0.2) is 84.9 Å². The minimum atomic E-state index is -0.608. The van der Waals surface area contributed by atoms with E-state index in [4.69, 9.17) is 18.9 Å². The van der Waals surface area contributed by atoms with E-state index < -0.39 is 5.92 Å². The van der Waals surface area contributed by atoms with Gasteiger partial charge in [-0.2, -0.15) is 0 Å². The van der Waals surface area contributed by atoms with Crippen LogP contribution >= 0.6 is 0 Å². The van der Waals surface area contributed by atoms with E-state index in [0.717, 1.165) is 16.9 Å². The Morgan fingerprint density at radius 3 is 2.26 bits per heavy atom. The summed E-state index contributed by atoms with van der Waals surface area (Å²) in [7, 11) is 3.12. The lowest BCUT2D eigenvalue weighted by molar-refractivity contribution is -0.145. The standard InChI is InChI=1S/C26H26O5/c1-18(2)25(20-13-14-23(28-3)24(16-20)29-4)26(27)30-17-19-9-8-12-22(15-19)31-21-10-6-5-7-11-21/h5-16,25H,1,17H2,2-4H3. The first-order valence-electron chi connectivity index (χ1n) is 9.87. The summed E-state index contributed by atoms with van der Waals surface area (Å²) in [6.45, 7) is 5.90. The number of hydrogen-bond acceptors (Lipinski definition) is 5. The maximum absolute atomic E-state index is 12.9. The van der Waals surface area contributed by atoms with Gasteiger partial charge in [-0.15, -0.1) is 0 Å². The maximum atomic E-state index is 12.9. The quantitative estimate of drug-likeness (QED) is 0.320. The molecule has 0 bridgehead atoms. The van der Waals surface area contributed by atoms with Gasteiger partial charge in [0.2, 0.25) is 0 Å². The summed E-state index contributed by atoms with van der Waals surface area (Å²) in [4.78, 5) is 12.9. The van der Waals surface area contributed by atoms with Crippen molar-refractivity contribution < 1.29 is 23.7 Å². The summed E-state index contributed by atoms with van der Waals surface area (Å²) in [5.41, 5.74) is 2.24. The molecule has 0 amide bonds. The first-order chi connectivity index (χ1) is 15.0. The maximum Gasteiger partial charge on any atom is 0.317 e. The van der Waals surface area contributed by atoms with E-state index in [1.807, 2.05) is 60.7 Å². The lowest BCUT2D eigenvalue weighted by Crippen LogP contribution is -2.17. The minimum Gasteiger partial charge on any atom is -0.493 e. The fourth-order valence-corrected chi connectivity index (χ4v) is 3.22. The van der Waals surface area contributed by atoms with Crippen LogP contribution in [-0.4, -0.2) is 20.2 Å². The summed E-state index contributed by atoms with van der Waals surface area (Å²) in [5, 5.41) is 0. The highest BCUT2D eigenvalue weighted by atomic mass is 16.5. The summed E-state index contributed by atoms with van der Waals surface area (Å²) >= 11 is 0. The molecule has 0 aliphatic carbocycles. The van der Waals surface area contributed by atoms with Crippen molar-refractivity contribution in [3.8, 4) is 23.0 Å². The minimum absolute atomic E-state index is 0.127. The van der Waals surface area contributed by atoms with Crippen LogP contribution in [0.25, 0.3) is 0 Å². The molecule has 3 aromatic rings. The van der Waals surface area contributed by atoms with Crippen LogP contribution in [0.1, 0.15) is 24.0 Å². The molecule has 0 radical (unpaired) electrons. The Balaban J connectivity index is 1.71. The van der Waals surface area contributed by atoms with Gasteiger partial charge in [0.1, 0.15) is 24.0 Å². The molecule has 160 valence electrons. The van der Waals surface area contributed by atoms with Gasteiger partial charge in [-0.1, -0.05) is 48.6 Å². The fourth-order valence-electron chi connectivity index (χ4n) is 3.22. The first kappa shape index (κ1) is 22.0.